The maximum Gasteiger partial charge on any atom is 0.330 e. The molecule has 152 valence electrons. The maximum absolute atomic E-state index is 12.4. The molecule has 29 heavy (non-hydrogen) atoms. The largest absolute Gasteiger partial charge is 0.508 e. The molecule has 1 aliphatic heterocycles. The molecule has 2 aromatic rings. The Morgan fingerprint density at radius 3 is 2.79 bits per heavy atom. The summed E-state index contributed by atoms with van der Waals surface area (Å²) in [4.78, 5) is 23.7. The Balaban J connectivity index is 1.60. The number of ether oxygens (including phenoxy) is 3. The van der Waals surface area contributed by atoms with Crippen LogP contribution in [0.1, 0.15) is 30.4 Å². The van der Waals surface area contributed by atoms with Crippen LogP contribution in [0.5, 0.6) is 23.0 Å². The number of phenols is 2. The number of Topliss-reactive ketones (excluding diaryl/α,β-unsaturated/α-hetero) is 1. The van der Waals surface area contributed by atoms with Gasteiger partial charge in [-0.2, -0.15) is 0 Å². The molecule has 0 saturated carbocycles. The number of esters is 1. The molecular weight excluding hydrogens is 376 g/mol. The third-order valence-electron chi connectivity index (χ3n) is 4.48. The number of aromatic hydroxyl groups is 2. The molecule has 7 heteroatoms. The highest BCUT2D eigenvalue weighted by Crippen LogP contribution is 2.38. The summed E-state index contributed by atoms with van der Waals surface area (Å²) in [7, 11) is 0. The molecule has 0 fully saturated rings. The van der Waals surface area contributed by atoms with Crippen molar-refractivity contribution in [3.63, 3.8) is 0 Å². The molecular formula is C22H22O7. The minimum Gasteiger partial charge on any atom is -0.508 e. The molecule has 1 heterocycles. The smallest absolute Gasteiger partial charge is 0.330 e. The summed E-state index contributed by atoms with van der Waals surface area (Å²) >= 11 is 0. The summed E-state index contributed by atoms with van der Waals surface area (Å²) in [6.07, 6.45) is 2.87. The molecule has 2 aromatic carbocycles. The molecule has 2 N–H and O–H groups in total. The third-order valence-corrected chi connectivity index (χ3v) is 4.48. The molecule has 0 amide bonds. The summed E-state index contributed by atoms with van der Waals surface area (Å²) < 4.78 is 16.1. The van der Waals surface area contributed by atoms with E-state index in [9.17, 15) is 19.8 Å². The minimum absolute atomic E-state index is 0.0232. The van der Waals surface area contributed by atoms with Crippen molar-refractivity contribution in [2.24, 2.45) is 0 Å². The molecule has 0 aliphatic carbocycles. The molecule has 0 aromatic heterocycles. The van der Waals surface area contributed by atoms with Crippen molar-refractivity contribution in [1.29, 1.82) is 0 Å². The summed E-state index contributed by atoms with van der Waals surface area (Å²) in [5.74, 6) is 0.120. The zero-order valence-electron chi connectivity index (χ0n) is 16.0. The van der Waals surface area contributed by atoms with Crippen LogP contribution in [0.15, 0.2) is 48.6 Å². The van der Waals surface area contributed by atoms with Crippen LogP contribution in [-0.4, -0.2) is 35.2 Å². The first-order valence-corrected chi connectivity index (χ1v) is 9.24. The second kappa shape index (κ2) is 9.14. The topological polar surface area (TPSA) is 102 Å². The number of hydrogen-bond donors (Lipinski definition) is 2. The van der Waals surface area contributed by atoms with E-state index in [1.807, 2.05) is 0 Å². The lowest BCUT2D eigenvalue weighted by atomic mass is 9.95. The van der Waals surface area contributed by atoms with E-state index in [2.05, 4.69) is 0 Å². The van der Waals surface area contributed by atoms with E-state index in [4.69, 9.17) is 14.2 Å². The van der Waals surface area contributed by atoms with Crippen molar-refractivity contribution in [3.05, 3.63) is 59.7 Å². The van der Waals surface area contributed by atoms with Gasteiger partial charge in [0.15, 0.2) is 0 Å². The second-order valence-electron chi connectivity index (χ2n) is 6.49. The predicted octanol–water partition coefficient (Wildman–Crippen LogP) is 3.23. The number of allylic oxidation sites excluding steroid dienone is 1. The van der Waals surface area contributed by atoms with E-state index in [1.54, 1.807) is 31.2 Å². The average Bonchev–Trinajstić information content (AvgIpc) is 3.11. The minimum atomic E-state index is -0.468. The molecule has 7 nitrogen and oxygen atoms in total. The number of hydrogen-bond acceptors (Lipinski definition) is 7. The van der Waals surface area contributed by atoms with Gasteiger partial charge in [-0.15, -0.1) is 0 Å². The lowest BCUT2D eigenvalue weighted by molar-refractivity contribution is -0.137. The number of benzene rings is 2. The van der Waals surface area contributed by atoms with E-state index >= 15 is 0 Å². The van der Waals surface area contributed by atoms with Crippen LogP contribution in [0.25, 0.3) is 0 Å². The van der Waals surface area contributed by atoms with E-state index in [-0.39, 0.29) is 43.5 Å². The van der Waals surface area contributed by atoms with Crippen molar-refractivity contribution in [2.75, 3.05) is 13.2 Å². The SMILES string of the molecule is CCOC(=O)/C=C/CC(=O)C1COc2cc(OCc3ccc(O)cc3O)ccc21. The first-order chi connectivity index (χ1) is 14.0. The fourth-order valence-corrected chi connectivity index (χ4v) is 2.99. The van der Waals surface area contributed by atoms with Crippen molar-refractivity contribution in [2.45, 2.75) is 25.9 Å². The standard InChI is InChI=1S/C22H22O7/c1-2-27-22(26)5-3-4-19(24)18-13-29-21-11-16(8-9-17(18)21)28-12-14-6-7-15(23)10-20(14)25/h3,5-11,18,23,25H,2,4,12-13H2,1H3/b5-3+. The van der Waals surface area contributed by atoms with Gasteiger partial charge in [0.25, 0.3) is 0 Å². The summed E-state index contributed by atoms with van der Waals surface area (Å²) in [6.45, 7) is 2.36. The fraction of sp³-hybridized carbons (Fsp3) is 0.273. The Kier molecular flexibility index (Phi) is 6.39. The van der Waals surface area contributed by atoms with Gasteiger partial charge in [-0.3, -0.25) is 4.79 Å². The van der Waals surface area contributed by atoms with Gasteiger partial charge in [0.2, 0.25) is 0 Å². The zero-order chi connectivity index (χ0) is 20.8. The summed E-state index contributed by atoms with van der Waals surface area (Å²) in [6, 6.07) is 9.52. The third kappa shape index (κ3) is 5.07. The van der Waals surface area contributed by atoms with Gasteiger partial charge in [0, 0.05) is 35.8 Å². The average molecular weight is 398 g/mol. The normalized spacial score (nSPS) is 15.0. The first kappa shape index (κ1) is 20.3. The van der Waals surface area contributed by atoms with Crippen LogP contribution in [0.4, 0.5) is 0 Å². The van der Waals surface area contributed by atoms with E-state index < -0.39 is 11.9 Å². The quantitative estimate of drug-likeness (QED) is 0.520. The maximum atomic E-state index is 12.4. The fourth-order valence-electron chi connectivity index (χ4n) is 2.99. The molecule has 0 saturated heterocycles. The monoisotopic (exact) mass is 398 g/mol. The van der Waals surface area contributed by atoms with Crippen molar-refractivity contribution in [3.8, 4) is 23.0 Å². The number of ketones is 1. The van der Waals surface area contributed by atoms with Crippen LogP contribution in [0, 0.1) is 0 Å². The van der Waals surface area contributed by atoms with Crippen LogP contribution < -0.4 is 9.47 Å². The first-order valence-electron chi connectivity index (χ1n) is 9.24. The van der Waals surface area contributed by atoms with Crippen molar-refractivity contribution < 1.29 is 34.0 Å². The van der Waals surface area contributed by atoms with Crippen LogP contribution in [0.2, 0.25) is 0 Å². The number of carbonyl (C=O) groups is 2. The van der Waals surface area contributed by atoms with Crippen LogP contribution >= 0.6 is 0 Å². The highest BCUT2D eigenvalue weighted by Gasteiger charge is 2.29. The van der Waals surface area contributed by atoms with Gasteiger partial charge in [0.1, 0.15) is 42.0 Å². The Bertz CT molecular complexity index is 933. The molecule has 1 aliphatic rings. The lowest BCUT2D eigenvalue weighted by Gasteiger charge is -2.10. The van der Waals surface area contributed by atoms with Gasteiger partial charge in [-0.05, 0) is 25.1 Å². The number of phenolic OH excluding ortho intramolecular Hbond substituents is 2. The number of carbonyl (C=O) groups excluding carboxylic acids is 2. The highest BCUT2D eigenvalue weighted by molar-refractivity contribution is 5.90. The van der Waals surface area contributed by atoms with Crippen LogP contribution in [-0.2, 0) is 20.9 Å². The van der Waals surface area contributed by atoms with Gasteiger partial charge in [-0.1, -0.05) is 12.1 Å². The van der Waals surface area contributed by atoms with E-state index in [0.717, 1.165) is 5.56 Å². The molecule has 0 spiro atoms. The van der Waals surface area contributed by atoms with Crippen molar-refractivity contribution in [1.82, 2.24) is 0 Å². The Morgan fingerprint density at radius 1 is 1.21 bits per heavy atom. The Hall–Kier alpha value is -3.48. The van der Waals surface area contributed by atoms with Gasteiger partial charge in [0.05, 0.1) is 12.5 Å². The highest BCUT2D eigenvalue weighted by atomic mass is 16.5. The molecule has 3 rings (SSSR count). The van der Waals surface area contributed by atoms with E-state index in [1.165, 1.54) is 24.3 Å². The Labute approximate surface area is 168 Å². The van der Waals surface area contributed by atoms with Crippen molar-refractivity contribution >= 4 is 11.8 Å². The predicted molar refractivity (Wildman–Crippen MR) is 104 cm³/mol. The van der Waals surface area contributed by atoms with Gasteiger partial charge >= 0.3 is 5.97 Å². The van der Waals surface area contributed by atoms with Gasteiger partial charge < -0.3 is 24.4 Å². The molecule has 0 radical (unpaired) electrons. The number of rotatable bonds is 8. The van der Waals surface area contributed by atoms with Gasteiger partial charge in [-0.25, -0.2) is 4.79 Å². The number of fused-ring (bicyclic) bond motifs is 1. The molecule has 1 unspecified atom stereocenters. The second-order valence-corrected chi connectivity index (χ2v) is 6.49. The molecule has 1 atom stereocenters. The summed E-state index contributed by atoms with van der Waals surface area (Å²) in [5, 5.41) is 19.1. The summed E-state index contributed by atoms with van der Waals surface area (Å²) in [5.41, 5.74) is 1.31. The van der Waals surface area contributed by atoms with E-state index in [0.29, 0.717) is 17.1 Å². The molecule has 0 bridgehead atoms. The zero-order valence-corrected chi connectivity index (χ0v) is 16.0. The van der Waals surface area contributed by atoms with Crippen LogP contribution in [0.3, 0.4) is 0 Å². The Morgan fingerprint density at radius 2 is 2.03 bits per heavy atom. The lowest BCUT2D eigenvalue weighted by Crippen LogP contribution is -2.13.